The van der Waals surface area contributed by atoms with Gasteiger partial charge < -0.3 is 24.8 Å². The molecular weight excluding hydrogens is 811 g/mol. The molecule has 3 heteroatoms. The minimum Gasteiger partial charge on any atom is -1.00 e. The molecule has 57 heavy (non-hydrogen) atoms. The van der Waals surface area contributed by atoms with Gasteiger partial charge in [0, 0.05) is 0 Å². The number of rotatable bonds is 5. The van der Waals surface area contributed by atoms with E-state index < -0.39 is 0 Å². The maximum Gasteiger partial charge on any atom is -1.00 e. The fraction of sp³-hybridized carbons (Fsp3) is 0.222. The van der Waals surface area contributed by atoms with Crippen molar-refractivity contribution in [3.8, 4) is 22.3 Å². The number of halogens is 2. The first-order valence-corrected chi connectivity index (χ1v) is 21.2. The summed E-state index contributed by atoms with van der Waals surface area (Å²) in [5.74, 6) is 0. The van der Waals surface area contributed by atoms with Gasteiger partial charge in [0.05, 0.1) is 0 Å². The van der Waals surface area contributed by atoms with Crippen LogP contribution in [0.4, 0.5) is 0 Å². The summed E-state index contributed by atoms with van der Waals surface area (Å²) in [6.45, 7) is 19.1. The van der Waals surface area contributed by atoms with Gasteiger partial charge in [-0.3, -0.25) is 0 Å². The molecule has 0 heterocycles. The van der Waals surface area contributed by atoms with Gasteiger partial charge in [0.1, 0.15) is 0 Å². The van der Waals surface area contributed by atoms with E-state index in [0.717, 1.165) is 6.42 Å². The van der Waals surface area contributed by atoms with Crippen molar-refractivity contribution < 1.29 is 49.5 Å². The molecule has 0 saturated heterocycles. The largest absolute Gasteiger partial charge is 1.00 e. The number of hydrogen-bond acceptors (Lipinski definition) is 0. The molecule has 0 spiro atoms. The second kappa shape index (κ2) is 16.7. The van der Waals surface area contributed by atoms with Crippen LogP contribution in [-0.2, 0) is 35.5 Å². The van der Waals surface area contributed by atoms with Crippen molar-refractivity contribution >= 4 is 17.7 Å². The number of hydrogen-bond donors (Lipinski definition) is 0. The standard InChI is InChI=1S/C54H51.2ClH.Zr/c1-35-31-44-34-45-48(43-21-15-16-22-43)36(2)52(54(6,7)8)47(33-38-25-29-42(30-26-38)40-19-13-10-14-20-40)50(45)49(44)46(51(35)53(3,4)5)32-37-23-27-41(28-24-37)39-17-11-9-12-18-39;;;/h9-21,23-34H,22H2,1-8H3;2*1H;/q;;;+2/p-2. The SMILES string of the molecule is Cc1cc2c(c(=Cc3ccc(-c4ccccc4)cc3)c1C(C)(C)C)=c1c(c(C3=CC=CC3)c(C)c(C(C)(C)C)c1=Cc1ccc(-c3ccccc3)cc1)[CH]2[Zr+2].[Cl-].[Cl-]. The summed E-state index contributed by atoms with van der Waals surface area (Å²) >= 11 is 1.53. The van der Waals surface area contributed by atoms with Crippen LogP contribution in [-0.4, -0.2) is 0 Å². The maximum absolute atomic E-state index is 2.56. The Hall–Kier alpha value is -4.00. The Bertz CT molecular complexity index is 2730. The summed E-state index contributed by atoms with van der Waals surface area (Å²) in [5, 5.41) is 5.64. The monoisotopic (exact) mass is 859 g/mol. The summed E-state index contributed by atoms with van der Waals surface area (Å²) in [5.41, 5.74) is 19.0. The van der Waals surface area contributed by atoms with Gasteiger partial charge in [-0.2, -0.15) is 0 Å². The average Bonchev–Trinajstić information content (AvgIpc) is 3.79. The first-order chi connectivity index (χ1) is 26.3. The summed E-state index contributed by atoms with van der Waals surface area (Å²) in [4.78, 5) is 0. The quantitative estimate of drug-likeness (QED) is 0.187. The van der Waals surface area contributed by atoms with E-state index in [9.17, 15) is 0 Å². The van der Waals surface area contributed by atoms with Crippen LogP contribution in [0.25, 0.3) is 40.0 Å². The fourth-order valence-corrected chi connectivity index (χ4v) is 10.7. The van der Waals surface area contributed by atoms with E-state index in [1.807, 2.05) is 0 Å². The minimum atomic E-state index is -0.0790. The zero-order valence-corrected chi connectivity index (χ0v) is 38.4. The summed E-state index contributed by atoms with van der Waals surface area (Å²) in [6, 6.07) is 42.4. The van der Waals surface area contributed by atoms with Gasteiger partial charge in [0.25, 0.3) is 0 Å². The van der Waals surface area contributed by atoms with Crippen molar-refractivity contribution in [3.05, 3.63) is 204 Å². The van der Waals surface area contributed by atoms with Gasteiger partial charge in [-0.15, -0.1) is 0 Å². The van der Waals surface area contributed by atoms with E-state index in [-0.39, 0.29) is 35.6 Å². The number of benzene rings is 6. The Labute approximate surface area is 367 Å². The molecule has 0 aliphatic heterocycles. The Balaban J connectivity index is 0.00000275. The van der Waals surface area contributed by atoms with Gasteiger partial charge in [-0.05, 0) is 0 Å². The zero-order valence-electron chi connectivity index (χ0n) is 34.4. The Morgan fingerprint density at radius 3 is 1.47 bits per heavy atom. The van der Waals surface area contributed by atoms with Gasteiger partial charge >= 0.3 is 333 Å². The Kier molecular flexibility index (Phi) is 12.5. The van der Waals surface area contributed by atoms with Gasteiger partial charge in [-0.25, -0.2) is 0 Å². The number of fused-ring (bicyclic) bond motifs is 2. The molecule has 0 aromatic heterocycles. The molecule has 0 saturated carbocycles. The molecular formula is C54H51Cl2Zr. The van der Waals surface area contributed by atoms with Crippen molar-refractivity contribution in [3.63, 3.8) is 0 Å². The molecule has 0 amide bonds. The van der Waals surface area contributed by atoms with Crippen molar-refractivity contribution in [2.24, 2.45) is 0 Å². The molecule has 6 aromatic rings. The molecule has 1 unspecified atom stereocenters. The minimum absolute atomic E-state index is 0. The fourth-order valence-electron chi connectivity index (χ4n) is 9.45. The topological polar surface area (TPSA) is 0 Å². The smallest absolute Gasteiger partial charge is 1.00 e. The molecule has 0 N–H and O–H groups in total. The van der Waals surface area contributed by atoms with E-state index in [1.54, 1.807) is 0 Å². The molecule has 0 radical (unpaired) electrons. The molecule has 0 bridgehead atoms. The van der Waals surface area contributed by atoms with E-state index >= 15 is 0 Å². The van der Waals surface area contributed by atoms with Crippen molar-refractivity contribution in [1.82, 2.24) is 0 Å². The van der Waals surface area contributed by atoms with Crippen LogP contribution in [0.3, 0.4) is 0 Å². The van der Waals surface area contributed by atoms with E-state index in [4.69, 9.17) is 0 Å². The third-order valence-electron chi connectivity index (χ3n) is 11.5. The molecule has 8 rings (SSSR count). The van der Waals surface area contributed by atoms with Gasteiger partial charge in [0.15, 0.2) is 0 Å². The number of allylic oxidation sites excluding steroid dienone is 4. The molecule has 6 aromatic carbocycles. The maximum atomic E-state index is 2.56. The molecule has 0 fully saturated rings. The summed E-state index contributed by atoms with van der Waals surface area (Å²) in [6.07, 6.45) is 13.0. The normalized spacial score (nSPS) is 15.2. The predicted octanol–water partition coefficient (Wildman–Crippen LogP) is 6.48. The Morgan fingerprint density at radius 1 is 0.579 bits per heavy atom. The third-order valence-corrected chi connectivity index (χ3v) is 13.0. The Morgan fingerprint density at radius 2 is 1.04 bits per heavy atom. The second-order valence-electron chi connectivity index (χ2n) is 17.5. The number of aryl methyl sites for hydroxylation is 1. The van der Waals surface area contributed by atoms with E-state index in [0.29, 0.717) is 3.63 Å². The van der Waals surface area contributed by atoms with Crippen molar-refractivity contribution in [1.29, 1.82) is 0 Å². The van der Waals surface area contributed by atoms with Gasteiger partial charge in [-0.1, -0.05) is 12.1 Å². The van der Waals surface area contributed by atoms with Crippen LogP contribution >= 0.6 is 0 Å². The van der Waals surface area contributed by atoms with Crippen LogP contribution in [0.5, 0.6) is 0 Å². The van der Waals surface area contributed by atoms with Crippen LogP contribution in [0.1, 0.15) is 102 Å². The van der Waals surface area contributed by atoms with Crippen molar-refractivity contribution in [2.45, 2.75) is 76.3 Å². The van der Waals surface area contributed by atoms with Crippen molar-refractivity contribution in [2.75, 3.05) is 0 Å². The third kappa shape index (κ3) is 8.06. The van der Waals surface area contributed by atoms with E-state index in [1.165, 1.54) is 123 Å². The summed E-state index contributed by atoms with van der Waals surface area (Å²) < 4.78 is 0.342. The van der Waals surface area contributed by atoms with Gasteiger partial charge in [0.2, 0.25) is 0 Å². The zero-order chi connectivity index (χ0) is 38.6. The predicted molar refractivity (Wildman–Crippen MR) is 231 cm³/mol. The first-order valence-electron chi connectivity index (χ1n) is 19.8. The van der Waals surface area contributed by atoms with Crippen LogP contribution in [0.2, 0.25) is 0 Å². The van der Waals surface area contributed by atoms with Crippen LogP contribution in [0, 0.1) is 24.3 Å². The van der Waals surface area contributed by atoms with Crippen LogP contribution in [0.15, 0.2) is 133 Å². The average molecular weight is 862 g/mol. The molecule has 285 valence electrons. The molecule has 1 atom stereocenters. The van der Waals surface area contributed by atoms with E-state index in [2.05, 4.69) is 201 Å². The first kappa shape index (κ1) is 42.6. The second-order valence-corrected chi connectivity index (χ2v) is 19.0. The molecule has 0 nitrogen and oxygen atoms in total. The molecule has 2 aliphatic carbocycles. The summed E-state index contributed by atoms with van der Waals surface area (Å²) in [7, 11) is 0. The molecule has 2 aliphatic rings. The van der Waals surface area contributed by atoms with Crippen LogP contribution < -0.4 is 35.3 Å².